The van der Waals surface area contributed by atoms with Gasteiger partial charge in [-0.15, -0.1) is 0 Å². The fraction of sp³-hybridized carbons (Fsp3) is 0.167. The summed E-state index contributed by atoms with van der Waals surface area (Å²) in [5.41, 5.74) is 6.77. The molecule has 0 fully saturated rings. The highest BCUT2D eigenvalue weighted by molar-refractivity contribution is 5.75. The quantitative estimate of drug-likeness (QED) is 0.442. The highest BCUT2D eigenvalue weighted by Gasteiger charge is 2.19. The standard InChI is InChI=1S/C24H22N4/c1-16-10-12-17(13-11-16)14-18(24-27-21-8-4-5-9-22(21)28-24)15-23-25-19-6-2-3-7-20(19)26-23/h2-13,18H,14-15H2,1H3,(H,25,26)(H,27,28)/t18-/m1/s1. The molecule has 4 heteroatoms. The molecule has 2 N–H and O–H groups in total. The van der Waals surface area contributed by atoms with Gasteiger partial charge in [0.25, 0.3) is 0 Å². The van der Waals surface area contributed by atoms with E-state index in [2.05, 4.69) is 59.4 Å². The molecule has 0 saturated carbocycles. The first-order valence-corrected chi connectivity index (χ1v) is 9.68. The third kappa shape index (κ3) is 3.29. The minimum absolute atomic E-state index is 0.218. The maximum atomic E-state index is 4.88. The molecule has 5 aromatic rings. The second kappa shape index (κ2) is 6.97. The fourth-order valence-electron chi connectivity index (χ4n) is 3.78. The molecule has 0 bridgehead atoms. The number of aryl methyl sites for hydroxylation is 1. The van der Waals surface area contributed by atoms with Crippen LogP contribution in [-0.2, 0) is 12.8 Å². The lowest BCUT2D eigenvalue weighted by Crippen LogP contribution is -2.10. The molecular formula is C24H22N4. The van der Waals surface area contributed by atoms with E-state index in [0.29, 0.717) is 0 Å². The van der Waals surface area contributed by atoms with Crippen molar-refractivity contribution in [2.75, 3.05) is 0 Å². The molecule has 28 heavy (non-hydrogen) atoms. The Labute approximate surface area is 163 Å². The van der Waals surface area contributed by atoms with Gasteiger partial charge in [-0.3, -0.25) is 0 Å². The van der Waals surface area contributed by atoms with Gasteiger partial charge in [-0.25, -0.2) is 9.97 Å². The van der Waals surface area contributed by atoms with E-state index in [-0.39, 0.29) is 5.92 Å². The summed E-state index contributed by atoms with van der Waals surface area (Å²) in [5, 5.41) is 0. The van der Waals surface area contributed by atoms with Crippen molar-refractivity contribution in [1.82, 2.24) is 19.9 Å². The first-order chi connectivity index (χ1) is 13.7. The van der Waals surface area contributed by atoms with E-state index in [4.69, 9.17) is 9.97 Å². The van der Waals surface area contributed by atoms with E-state index in [1.807, 2.05) is 30.3 Å². The number of aromatic amines is 2. The summed E-state index contributed by atoms with van der Waals surface area (Å²) in [5.74, 6) is 2.23. The third-order valence-electron chi connectivity index (χ3n) is 5.28. The molecule has 0 aliphatic rings. The van der Waals surface area contributed by atoms with Gasteiger partial charge in [0.15, 0.2) is 0 Å². The van der Waals surface area contributed by atoms with Gasteiger partial charge in [0.05, 0.1) is 22.1 Å². The van der Waals surface area contributed by atoms with Gasteiger partial charge in [-0.05, 0) is 43.2 Å². The number of nitrogens with zero attached hydrogens (tertiary/aromatic N) is 2. The van der Waals surface area contributed by atoms with E-state index < -0.39 is 0 Å². The maximum absolute atomic E-state index is 4.88. The van der Waals surface area contributed by atoms with Crippen LogP contribution in [0.3, 0.4) is 0 Å². The Morgan fingerprint density at radius 1 is 0.714 bits per heavy atom. The molecule has 3 aromatic carbocycles. The summed E-state index contributed by atoms with van der Waals surface area (Å²) in [4.78, 5) is 16.7. The van der Waals surface area contributed by atoms with Crippen molar-refractivity contribution >= 4 is 22.1 Å². The maximum Gasteiger partial charge on any atom is 0.111 e. The highest BCUT2D eigenvalue weighted by atomic mass is 14.9. The van der Waals surface area contributed by atoms with Gasteiger partial charge in [-0.2, -0.15) is 0 Å². The van der Waals surface area contributed by atoms with Crippen molar-refractivity contribution in [3.63, 3.8) is 0 Å². The highest BCUT2D eigenvalue weighted by Crippen LogP contribution is 2.26. The SMILES string of the molecule is Cc1ccc(C[C@H](Cc2nc3ccccc3[nH]2)c2nc3ccccc3[nH]2)cc1. The number of para-hydroxylation sites is 4. The zero-order chi connectivity index (χ0) is 18.9. The van der Waals surface area contributed by atoms with Crippen LogP contribution in [0.15, 0.2) is 72.8 Å². The number of benzene rings is 3. The first-order valence-electron chi connectivity index (χ1n) is 9.68. The molecule has 4 nitrogen and oxygen atoms in total. The van der Waals surface area contributed by atoms with Crippen molar-refractivity contribution in [3.8, 4) is 0 Å². The van der Waals surface area contributed by atoms with Crippen molar-refractivity contribution in [3.05, 3.63) is 95.6 Å². The van der Waals surface area contributed by atoms with Gasteiger partial charge in [0, 0.05) is 12.3 Å². The van der Waals surface area contributed by atoms with Crippen LogP contribution in [0.1, 0.15) is 28.7 Å². The van der Waals surface area contributed by atoms with Gasteiger partial charge < -0.3 is 9.97 Å². The molecule has 5 rings (SSSR count). The summed E-state index contributed by atoms with van der Waals surface area (Å²) >= 11 is 0. The molecule has 138 valence electrons. The number of hydrogen-bond acceptors (Lipinski definition) is 2. The summed E-state index contributed by atoms with van der Waals surface area (Å²) < 4.78 is 0. The predicted octanol–water partition coefficient (Wildman–Crippen LogP) is 5.32. The van der Waals surface area contributed by atoms with Crippen LogP contribution in [0.2, 0.25) is 0 Å². The van der Waals surface area contributed by atoms with Crippen LogP contribution in [0.25, 0.3) is 22.1 Å². The van der Waals surface area contributed by atoms with E-state index in [0.717, 1.165) is 46.6 Å². The minimum Gasteiger partial charge on any atom is -0.342 e. The number of imidazole rings is 2. The van der Waals surface area contributed by atoms with Gasteiger partial charge >= 0.3 is 0 Å². The summed E-state index contributed by atoms with van der Waals surface area (Å²) in [6.45, 7) is 2.12. The number of H-pyrrole nitrogens is 2. The Kier molecular flexibility index (Phi) is 4.17. The normalized spacial score (nSPS) is 12.6. The molecule has 0 saturated heterocycles. The van der Waals surface area contributed by atoms with E-state index in [9.17, 15) is 0 Å². The molecule has 1 atom stereocenters. The lowest BCUT2D eigenvalue weighted by molar-refractivity contribution is 0.628. The smallest absolute Gasteiger partial charge is 0.111 e. The van der Waals surface area contributed by atoms with E-state index in [1.54, 1.807) is 0 Å². The Morgan fingerprint density at radius 3 is 2.04 bits per heavy atom. The van der Waals surface area contributed by atoms with E-state index >= 15 is 0 Å². The molecule has 0 aliphatic carbocycles. The Balaban J connectivity index is 1.51. The molecule has 2 heterocycles. The molecule has 0 unspecified atom stereocenters. The largest absolute Gasteiger partial charge is 0.342 e. The van der Waals surface area contributed by atoms with Crippen LogP contribution in [-0.4, -0.2) is 19.9 Å². The fourth-order valence-corrected chi connectivity index (χ4v) is 3.78. The van der Waals surface area contributed by atoms with Crippen LogP contribution < -0.4 is 0 Å². The average molecular weight is 366 g/mol. The Bertz CT molecular complexity index is 1160. The zero-order valence-corrected chi connectivity index (χ0v) is 15.8. The minimum atomic E-state index is 0.218. The van der Waals surface area contributed by atoms with Gasteiger partial charge in [-0.1, -0.05) is 54.1 Å². The van der Waals surface area contributed by atoms with Crippen LogP contribution in [0.4, 0.5) is 0 Å². The number of nitrogens with one attached hydrogen (secondary N) is 2. The Hall–Kier alpha value is -3.40. The second-order valence-corrected chi connectivity index (χ2v) is 7.43. The van der Waals surface area contributed by atoms with Crippen molar-refractivity contribution in [2.45, 2.75) is 25.7 Å². The predicted molar refractivity (Wildman–Crippen MR) is 114 cm³/mol. The Morgan fingerprint density at radius 2 is 1.36 bits per heavy atom. The number of hydrogen-bond donors (Lipinski definition) is 2. The van der Waals surface area contributed by atoms with Crippen LogP contribution in [0.5, 0.6) is 0 Å². The molecule has 0 spiro atoms. The summed E-state index contributed by atoms with van der Waals surface area (Å²) in [6, 6.07) is 25.2. The van der Waals surface area contributed by atoms with Crippen LogP contribution >= 0.6 is 0 Å². The monoisotopic (exact) mass is 366 g/mol. The molecule has 2 aromatic heterocycles. The van der Waals surface area contributed by atoms with E-state index in [1.165, 1.54) is 11.1 Å². The molecule has 0 aliphatic heterocycles. The van der Waals surface area contributed by atoms with Crippen molar-refractivity contribution in [1.29, 1.82) is 0 Å². The first kappa shape index (κ1) is 16.8. The lowest BCUT2D eigenvalue weighted by atomic mass is 9.94. The third-order valence-corrected chi connectivity index (χ3v) is 5.28. The zero-order valence-electron chi connectivity index (χ0n) is 15.8. The summed E-state index contributed by atoms with van der Waals surface area (Å²) in [7, 11) is 0. The van der Waals surface area contributed by atoms with Crippen molar-refractivity contribution < 1.29 is 0 Å². The number of fused-ring (bicyclic) bond motifs is 2. The molecule has 0 amide bonds. The van der Waals surface area contributed by atoms with Crippen LogP contribution in [0, 0.1) is 6.92 Å². The topological polar surface area (TPSA) is 57.4 Å². The molecule has 0 radical (unpaired) electrons. The number of aromatic nitrogens is 4. The second-order valence-electron chi connectivity index (χ2n) is 7.43. The molecular weight excluding hydrogens is 344 g/mol. The van der Waals surface area contributed by atoms with Gasteiger partial charge in [0.1, 0.15) is 11.6 Å². The number of rotatable bonds is 5. The lowest BCUT2D eigenvalue weighted by Gasteiger charge is -2.14. The average Bonchev–Trinajstić information content (AvgIpc) is 3.32. The van der Waals surface area contributed by atoms with Gasteiger partial charge in [0.2, 0.25) is 0 Å². The summed E-state index contributed by atoms with van der Waals surface area (Å²) in [6.07, 6.45) is 1.72. The van der Waals surface area contributed by atoms with Crippen molar-refractivity contribution in [2.24, 2.45) is 0 Å².